The molecule has 4 aromatic rings. The van der Waals surface area contributed by atoms with E-state index in [1.54, 1.807) is 0 Å². The van der Waals surface area contributed by atoms with Crippen LogP contribution in [0.5, 0.6) is 0 Å². The van der Waals surface area contributed by atoms with E-state index in [9.17, 15) is 9.59 Å². The van der Waals surface area contributed by atoms with Gasteiger partial charge in [-0.05, 0) is 83.8 Å². The highest BCUT2D eigenvalue weighted by Gasteiger charge is 2.25. The first kappa shape index (κ1) is 27.6. The lowest BCUT2D eigenvalue weighted by atomic mass is 10.0. The molecule has 0 atom stereocenters. The highest BCUT2D eigenvalue weighted by Crippen LogP contribution is 2.21. The fourth-order valence-corrected chi connectivity index (χ4v) is 5.58. The Kier molecular flexibility index (Phi) is 8.34. The number of likely N-dealkylation sites (tertiary alicyclic amines) is 1. The number of nitrogen functional groups attached to an aromatic ring is 1. The van der Waals surface area contributed by atoms with Crippen molar-refractivity contribution in [3.8, 4) is 0 Å². The molecule has 1 aromatic heterocycles. The molecule has 5 N–H and O–H groups in total. The standard InChI is InChI=1S/C30H32IN7O2/c1-37-26-11-10-21(17-25(26)36-27(37)12-7-19-5-8-20(9-6-19)28(32)33)29(39)38-15-13-23(14-16-38)34-30(40)35-24-4-2-3-22(31)18-24/h2-6,8-11,17-18,23H,7,12-16H2,1H3,(H3,32,33)(H2,34,35,40). The van der Waals surface area contributed by atoms with Crippen LogP contribution in [0.4, 0.5) is 10.5 Å². The van der Waals surface area contributed by atoms with Gasteiger partial charge in [-0.25, -0.2) is 9.78 Å². The van der Waals surface area contributed by atoms with Crippen LogP contribution >= 0.6 is 22.6 Å². The van der Waals surface area contributed by atoms with Crippen LogP contribution in [-0.2, 0) is 19.9 Å². The summed E-state index contributed by atoms with van der Waals surface area (Å²) in [6, 6.07) is 20.9. The van der Waals surface area contributed by atoms with Crippen molar-refractivity contribution >= 4 is 57.1 Å². The number of halogens is 1. The molecular formula is C30H32IN7O2. The number of hydrogen-bond acceptors (Lipinski definition) is 4. The second kappa shape index (κ2) is 12.1. The summed E-state index contributed by atoms with van der Waals surface area (Å²) in [5.41, 5.74) is 10.6. The van der Waals surface area contributed by atoms with Crippen molar-refractivity contribution in [1.29, 1.82) is 5.41 Å². The number of imidazole rings is 1. The minimum Gasteiger partial charge on any atom is -0.384 e. The van der Waals surface area contributed by atoms with E-state index >= 15 is 0 Å². The zero-order chi connectivity index (χ0) is 28.2. The molecule has 0 saturated carbocycles. The van der Waals surface area contributed by atoms with Gasteiger partial charge in [0.15, 0.2) is 0 Å². The van der Waals surface area contributed by atoms with Gasteiger partial charge in [0.25, 0.3) is 5.91 Å². The van der Waals surface area contributed by atoms with Crippen molar-refractivity contribution < 1.29 is 9.59 Å². The number of hydrogen-bond donors (Lipinski definition) is 4. The fourth-order valence-electron chi connectivity index (χ4n) is 5.04. The molecule has 40 heavy (non-hydrogen) atoms. The molecule has 0 aliphatic carbocycles. The number of fused-ring (bicyclic) bond motifs is 1. The topological polar surface area (TPSA) is 129 Å². The molecule has 1 fully saturated rings. The summed E-state index contributed by atoms with van der Waals surface area (Å²) in [4.78, 5) is 32.4. The Balaban J connectivity index is 1.16. The first-order valence-electron chi connectivity index (χ1n) is 13.3. The zero-order valence-electron chi connectivity index (χ0n) is 22.3. The van der Waals surface area contributed by atoms with Gasteiger partial charge in [-0.3, -0.25) is 10.2 Å². The number of anilines is 1. The van der Waals surface area contributed by atoms with Crippen molar-refractivity contribution in [3.05, 3.63) is 92.8 Å². The van der Waals surface area contributed by atoms with E-state index in [-0.39, 0.29) is 23.8 Å². The number of carbonyl (C=O) groups is 2. The number of urea groups is 1. The molecule has 2 heterocycles. The van der Waals surface area contributed by atoms with Gasteiger partial charge in [0.2, 0.25) is 0 Å². The minimum atomic E-state index is -0.226. The zero-order valence-corrected chi connectivity index (χ0v) is 24.4. The SMILES string of the molecule is Cn1c(CCc2ccc(C(=N)N)cc2)nc2cc(C(=O)N3CCC(NC(=O)Nc4cccc(I)c4)CC3)ccc21. The van der Waals surface area contributed by atoms with Gasteiger partial charge in [0.1, 0.15) is 11.7 Å². The molecule has 9 nitrogen and oxygen atoms in total. The maximum absolute atomic E-state index is 13.3. The second-order valence-electron chi connectivity index (χ2n) is 10.1. The average Bonchev–Trinajstić information content (AvgIpc) is 3.26. The van der Waals surface area contributed by atoms with Crippen LogP contribution in [0, 0.1) is 8.98 Å². The molecule has 1 aliphatic rings. The summed E-state index contributed by atoms with van der Waals surface area (Å²) >= 11 is 2.21. The van der Waals surface area contributed by atoms with Gasteiger partial charge in [-0.1, -0.05) is 30.3 Å². The van der Waals surface area contributed by atoms with Crippen LogP contribution < -0.4 is 16.4 Å². The number of rotatable bonds is 7. The number of aryl methyl sites for hydroxylation is 3. The quantitative estimate of drug-likeness (QED) is 0.132. The minimum absolute atomic E-state index is 0.0126. The number of aromatic nitrogens is 2. The van der Waals surface area contributed by atoms with Crippen LogP contribution in [0.15, 0.2) is 66.7 Å². The van der Waals surface area contributed by atoms with E-state index in [0.29, 0.717) is 37.1 Å². The Labute approximate surface area is 246 Å². The van der Waals surface area contributed by atoms with Crippen molar-refractivity contribution in [2.24, 2.45) is 12.8 Å². The van der Waals surface area contributed by atoms with Crippen LogP contribution in [0.1, 0.15) is 40.2 Å². The van der Waals surface area contributed by atoms with E-state index in [2.05, 4.69) is 37.8 Å². The monoisotopic (exact) mass is 649 g/mol. The number of benzene rings is 3. The number of amides is 3. The Morgan fingerprint density at radius 1 is 1.02 bits per heavy atom. The smallest absolute Gasteiger partial charge is 0.319 e. The molecule has 0 bridgehead atoms. The third-order valence-electron chi connectivity index (χ3n) is 7.32. The Morgan fingerprint density at radius 2 is 1.75 bits per heavy atom. The molecule has 10 heteroatoms. The molecule has 206 valence electrons. The number of carbonyl (C=O) groups excluding carboxylic acids is 2. The maximum Gasteiger partial charge on any atom is 0.319 e. The molecule has 0 spiro atoms. The first-order chi connectivity index (χ1) is 19.3. The van der Waals surface area contributed by atoms with E-state index in [1.807, 2.05) is 78.7 Å². The molecule has 3 aromatic carbocycles. The summed E-state index contributed by atoms with van der Waals surface area (Å²) in [7, 11) is 2.00. The van der Waals surface area contributed by atoms with Crippen LogP contribution in [0.25, 0.3) is 11.0 Å². The number of nitrogens with one attached hydrogen (secondary N) is 3. The van der Waals surface area contributed by atoms with Crippen molar-refractivity contribution in [2.75, 3.05) is 18.4 Å². The predicted molar refractivity (Wildman–Crippen MR) is 166 cm³/mol. The molecular weight excluding hydrogens is 617 g/mol. The van der Waals surface area contributed by atoms with Crippen LogP contribution in [-0.4, -0.2) is 51.4 Å². The Bertz CT molecular complexity index is 1560. The summed E-state index contributed by atoms with van der Waals surface area (Å²) in [6.45, 7) is 1.17. The molecule has 1 saturated heterocycles. The lowest BCUT2D eigenvalue weighted by Crippen LogP contribution is -2.47. The molecule has 0 unspecified atom stereocenters. The third-order valence-corrected chi connectivity index (χ3v) is 7.99. The number of amidine groups is 1. The second-order valence-corrected chi connectivity index (χ2v) is 11.3. The van der Waals surface area contributed by atoms with Gasteiger partial charge in [-0.15, -0.1) is 0 Å². The van der Waals surface area contributed by atoms with Crippen LogP contribution in [0.3, 0.4) is 0 Å². The van der Waals surface area contributed by atoms with Gasteiger partial charge in [0.05, 0.1) is 11.0 Å². The van der Waals surface area contributed by atoms with E-state index < -0.39 is 0 Å². The third kappa shape index (κ3) is 6.44. The number of nitrogens with zero attached hydrogens (tertiary/aromatic N) is 3. The van der Waals surface area contributed by atoms with Crippen molar-refractivity contribution in [2.45, 2.75) is 31.7 Å². The van der Waals surface area contributed by atoms with E-state index in [1.165, 1.54) is 0 Å². The Hall–Kier alpha value is -3.93. The average molecular weight is 650 g/mol. The molecule has 3 amide bonds. The van der Waals surface area contributed by atoms with Crippen molar-refractivity contribution in [3.63, 3.8) is 0 Å². The largest absolute Gasteiger partial charge is 0.384 e. The summed E-state index contributed by atoms with van der Waals surface area (Å²) in [5.74, 6) is 1.00. The normalized spacial score (nSPS) is 13.8. The van der Waals surface area contributed by atoms with Gasteiger partial charge in [0, 0.05) is 53.0 Å². The van der Waals surface area contributed by atoms with E-state index in [4.69, 9.17) is 16.1 Å². The van der Waals surface area contributed by atoms with Gasteiger partial charge in [-0.2, -0.15) is 0 Å². The van der Waals surface area contributed by atoms with Crippen molar-refractivity contribution in [1.82, 2.24) is 19.8 Å². The summed E-state index contributed by atoms with van der Waals surface area (Å²) in [5, 5.41) is 13.5. The highest BCUT2D eigenvalue weighted by atomic mass is 127. The lowest BCUT2D eigenvalue weighted by molar-refractivity contribution is 0.0709. The van der Waals surface area contributed by atoms with Gasteiger partial charge < -0.3 is 25.8 Å². The number of nitrogens with two attached hydrogens (primary N) is 1. The lowest BCUT2D eigenvalue weighted by Gasteiger charge is -2.32. The maximum atomic E-state index is 13.3. The molecule has 0 radical (unpaired) electrons. The predicted octanol–water partition coefficient (Wildman–Crippen LogP) is 4.67. The molecule has 1 aliphatic heterocycles. The first-order valence-corrected chi connectivity index (χ1v) is 14.4. The summed E-state index contributed by atoms with van der Waals surface area (Å²) in [6.07, 6.45) is 2.97. The Morgan fingerprint density at radius 3 is 2.45 bits per heavy atom. The fraction of sp³-hybridized carbons (Fsp3) is 0.267. The van der Waals surface area contributed by atoms with E-state index in [0.717, 1.165) is 44.5 Å². The summed E-state index contributed by atoms with van der Waals surface area (Å²) < 4.78 is 3.13. The molecule has 5 rings (SSSR count). The highest BCUT2D eigenvalue weighted by molar-refractivity contribution is 14.1. The van der Waals surface area contributed by atoms with Crippen LogP contribution in [0.2, 0.25) is 0 Å². The van der Waals surface area contributed by atoms with Gasteiger partial charge >= 0.3 is 6.03 Å². The number of piperidine rings is 1.